The number of carbonyl (C=O) groups is 2. The van der Waals surface area contributed by atoms with Gasteiger partial charge in [-0.1, -0.05) is 0 Å². The summed E-state index contributed by atoms with van der Waals surface area (Å²) in [4.78, 5) is 32.1. The van der Waals surface area contributed by atoms with Crippen molar-refractivity contribution in [3.05, 3.63) is 17.6 Å². The van der Waals surface area contributed by atoms with E-state index in [0.717, 1.165) is 4.90 Å². The number of imide groups is 1. The van der Waals surface area contributed by atoms with Crippen LogP contribution in [-0.2, 0) is 0 Å². The lowest BCUT2D eigenvalue weighted by molar-refractivity contribution is 0.0691. The fraction of sp³-hybridized carbons (Fsp3) is 0.125. The van der Waals surface area contributed by atoms with Gasteiger partial charge in [-0.25, -0.2) is 4.98 Å². The number of fused-ring (bicyclic) bond motifs is 2. The molecule has 8 heteroatoms. The number of rotatable bonds is 0. The van der Waals surface area contributed by atoms with Crippen molar-refractivity contribution < 1.29 is 9.59 Å². The van der Waals surface area contributed by atoms with Crippen LogP contribution in [0.15, 0.2) is 6.33 Å². The van der Waals surface area contributed by atoms with E-state index in [4.69, 9.17) is 5.73 Å². The van der Waals surface area contributed by atoms with Crippen molar-refractivity contribution in [1.82, 2.24) is 24.5 Å². The zero-order chi connectivity index (χ0) is 11.4. The zero-order valence-electron chi connectivity index (χ0n) is 8.21. The molecular formula is C8H6N6O2. The van der Waals surface area contributed by atoms with Gasteiger partial charge in [0.05, 0.1) is 0 Å². The highest BCUT2D eigenvalue weighted by molar-refractivity contribution is 6.22. The van der Waals surface area contributed by atoms with E-state index in [1.807, 2.05) is 0 Å². The van der Waals surface area contributed by atoms with Crippen molar-refractivity contribution in [3.8, 4) is 0 Å². The van der Waals surface area contributed by atoms with E-state index in [9.17, 15) is 9.59 Å². The molecule has 0 aliphatic carbocycles. The Bertz CT molecular complexity index is 645. The molecule has 2 aromatic rings. The average Bonchev–Trinajstić information content (AvgIpc) is 2.80. The molecular weight excluding hydrogens is 212 g/mol. The molecule has 3 rings (SSSR count). The molecule has 8 nitrogen and oxygen atoms in total. The molecule has 16 heavy (non-hydrogen) atoms. The van der Waals surface area contributed by atoms with Gasteiger partial charge < -0.3 is 5.73 Å². The maximum Gasteiger partial charge on any atom is 0.280 e. The number of nitrogens with zero attached hydrogens (tertiary/aromatic N) is 5. The van der Waals surface area contributed by atoms with Gasteiger partial charge >= 0.3 is 0 Å². The third-order valence-electron chi connectivity index (χ3n) is 2.49. The average molecular weight is 218 g/mol. The van der Waals surface area contributed by atoms with Crippen LogP contribution in [0.3, 0.4) is 0 Å². The van der Waals surface area contributed by atoms with E-state index in [1.165, 1.54) is 17.9 Å². The maximum absolute atomic E-state index is 11.7. The van der Waals surface area contributed by atoms with Gasteiger partial charge in [-0.05, 0) is 0 Å². The molecule has 0 unspecified atom stereocenters. The minimum absolute atomic E-state index is 0.0329. The summed E-state index contributed by atoms with van der Waals surface area (Å²) in [6, 6.07) is 0. The first kappa shape index (κ1) is 8.77. The van der Waals surface area contributed by atoms with E-state index in [-0.39, 0.29) is 22.9 Å². The predicted octanol–water partition coefficient (Wildman–Crippen LogP) is -1.07. The number of amides is 2. The number of hydrogen-bond donors (Lipinski definition) is 1. The number of aromatic nitrogens is 4. The summed E-state index contributed by atoms with van der Waals surface area (Å²) < 4.78 is 1.23. The van der Waals surface area contributed by atoms with Crippen LogP contribution in [0.5, 0.6) is 0 Å². The van der Waals surface area contributed by atoms with Gasteiger partial charge in [-0.2, -0.15) is 14.6 Å². The van der Waals surface area contributed by atoms with Gasteiger partial charge in [0.1, 0.15) is 23.4 Å². The molecule has 0 saturated carbocycles. The highest BCUT2D eigenvalue weighted by Gasteiger charge is 2.37. The lowest BCUT2D eigenvalue weighted by Gasteiger charge is -2.03. The summed E-state index contributed by atoms with van der Waals surface area (Å²) in [5.74, 6) is -0.660. The van der Waals surface area contributed by atoms with Crippen molar-refractivity contribution >= 4 is 23.4 Å². The van der Waals surface area contributed by atoms with Crippen molar-refractivity contribution in [2.75, 3.05) is 12.8 Å². The van der Waals surface area contributed by atoms with Crippen molar-refractivity contribution in [3.63, 3.8) is 0 Å². The van der Waals surface area contributed by atoms with Crippen molar-refractivity contribution in [2.45, 2.75) is 0 Å². The molecule has 0 radical (unpaired) electrons. The van der Waals surface area contributed by atoms with Crippen LogP contribution in [0.1, 0.15) is 20.8 Å². The van der Waals surface area contributed by atoms with E-state index >= 15 is 0 Å². The van der Waals surface area contributed by atoms with Gasteiger partial charge in [-0.15, -0.1) is 0 Å². The third kappa shape index (κ3) is 0.811. The molecule has 0 atom stereocenters. The van der Waals surface area contributed by atoms with Gasteiger partial charge in [0.25, 0.3) is 17.6 Å². The summed E-state index contributed by atoms with van der Waals surface area (Å²) in [5, 5.41) is 3.82. The normalized spacial score (nSPS) is 14.9. The molecule has 0 bridgehead atoms. The van der Waals surface area contributed by atoms with Crippen LogP contribution in [-0.4, -0.2) is 43.3 Å². The molecule has 0 spiro atoms. The van der Waals surface area contributed by atoms with Gasteiger partial charge in [0.2, 0.25) is 0 Å². The summed E-state index contributed by atoms with van der Waals surface area (Å²) >= 11 is 0. The first-order valence-corrected chi connectivity index (χ1v) is 4.43. The number of nitrogens with two attached hydrogens (primary N) is 1. The Morgan fingerprint density at radius 3 is 2.81 bits per heavy atom. The quantitative estimate of drug-likeness (QED) is 0.564. The number of hydrogen-bond acceptors (Lipinski definition) is 6. The molecule has 80 valence electrons. The highest BCUT2D eigenvalue weighted by atomic mass is 16.2. The number of anilines is 1. The molecule has 0 aromatic carbocycles. The van der Waals surface area contributed by atoms with Crippen LogP contribution >= 0.6 is 0 Å². The molecule has 1 aliphatic heterocycles. The summed E-state index contributed by atoms with van der Waals surface area (Å²) in [6.45, 7) is 0. The minimum atomic E-state index is -0.475. The lowest BCUT2D eigenvalue weighted by Crippen LogP contribution is -2.24. The molecule has 1 aliphatic rings. The van der Waals surface area contributed by atoms with Crippen LogP contribution in [0, 0.1) is 0 Å². The van der Waals surface area contributed by atoms with Crippen molar-refractivity contribution in [1.29, 1.82) is 0 Å². The largest absolute Gasteiger partial charge is 0.383 e. The first-order valence-electron chi connectivity index (χ1n) is 4.43. The Morgan fingerprint density at radius 1 is 1.31 bits per heavy atom. The van der Waals surface area contributed by atoms with Crippen LogP contribution in [0.25, 0.3) is 5.78 Å². The fourth-order valence-electron chi connectivity index (χ4n) is 1.65. The predicted molar refractivity (Wildman–Crippen MR) is 51.6 cm³/mol. The summed E-state index contributed by atoms with van der Waals surface area (Å²) in [6.07, 6.45) is 1.26. The zero-order valence-corrected chi connectivity index (χ0v) is 8.21. The Morgan fingerprint density at radius 2 is 2.06 bits per heavy atom. The lowest BCUT2D eigenvalue weighted by atomic mass is 10.2. The monoisotopic (exact) mass is 218 g/mol. The van der Waals surface area contributed by atoms with Gasteiger partial charge in [-0.3, -0.25) is 14.5 Å². The van der Waals surface area contributed by atoms with E-state index in [0.29, 0.717) is 0 Å². The SMILES string of the molecule is CN1C(=O)c2nc3ncnn3c(N)c2C1=O. The fourth-order valence-corrected chi connectivity index (χ4v) is 1.65. The molecule has 2 amide bonds. The van der Waals surface area contributed by atoms with Gasteiger partial charge in [0.15, 0.2) is 0 Å². The Balaban J connectivity index is 2.47. The second kappa shape index (κ2) is 2.54. The molecule has 2 N–H and O–H groups in total. The van der Waals surface area contributed by atoms with E-state index in [1.54, 1.807) is 0 Å². The maximum atomic E-state index is 11.7. The van der Waals surface area contributed by atoms with E-state index < -0.39 is 11.8 Å². The van der Waals surface area contributed by atoms with E-state index in [2.05, 4.69) is 15.1 Å². The summed E-state index contributed by atoms with van der Waals surface area (Å²) in [5.41, 5.74) is 5.87. The molecule has 0 fully saturated rings. The topological polar surface area (TPSA) is 106 Å². The molecule has 3 heterocycles. The molecule has 2 aromatic heterocycles. The van der Waals surface area contributed by atoms with Crippen LogP contribution in [0.2, 0.25) is 0 Å². The third-order valence-corrected chi connectivity index (χ3v) is 2.49. The van der Waals surface area contributed by atoms with Crippen LogP contribution in [0.4, 0.5) is 5.82 Å². The summed E-state index contributed by atoms with van der Waals surface area (Å²) in [7, 11) is 1.38. The smallest absolute Gasteiger partial charge is 0.280 e. The second-order valence-corrected chi connectivity index (χ2v) is 3.36. The number of nitrogen functional groups attached to an aromatic ring is 1. The standard InChI is InChI=1S/C8H6N6O2/c1-13-6(15)3-4(7(13)16)12-8-10-2-11-14(8)5(3)9/h2H,9H2,1H3. The second-order valence-electron chi connectivity index (χ2n) is 3.36. The van der Waals surface area contributed by atoms with Crippen LogP contribution < -0.4 is 5.73 Å². The molecule has 0 saturated heterocycles. The Hall–Kier alpha value is -2.51. The Kier molecular flexibility index (Phi) is 1.39. The van der Waals surface area contributed by atoms with Gasteiger partial charge in [0, 0.05) is 7.05 Å². The highest BCUT2D eigenvalue weighted by Crippen LogP contribution is 2.25. The van der Waals surface area contributed by atoms with Crippen molar-refractivity contribution in [2.24, 2.45) is 0 Å². The first-order chi connectivity index (χ1) is 7.61. The minimum Gasteiger partial charge on any atom is -0.383 e. The Labute approximate surface area is 88.7 Å². The number of carbonyl (C=O) groups excluding carboxylic acids is 2.